The lowest BCUT2D eigenvalue weighted by Crippen LogP contribution is -2.45. The zero-order chi connectivity index (χ0) is 14.7. The summed E-state index contributed by atoms with van der Waals surface area (Å²) in [6.45, 7) is 1.04. The van der Waals surface area contributed by atoms with Crippen LogP contribution in [0.1, 0.15) is 30.7 Å². The second kappa shape index (κ2) is 5.90. The van der Waals surface area contributed by atoms with Crippen molar-refractivity contribution in [1.82, 2.24) is 25.5 Å². The number of thiophene rings is 1. The monoisotopic (exact) mass is 307 g/mol. The van der Waals surface area contributed by atoms with Crippen LogP contribution < -0.4 is 0 Å². The second-order valence-electron chi connectivity index (χ2n) is 5.28. The van der Waals surface area contributed by atoms with E-state index < -0.39 is 5.60 Å². The fourth-order valence-electron chi connectivity index (χ4n) is 2.55. The number of nitrogens with zero attached hydrogens (tertiary/aromatic N) is 4. The van der Waals surface area contributed by atoms with Crippen LogP contribution in [-0.4, -0.2) is 49.6 Å². The first kappa shape index (κ1) is 14.2. The highest BCUT2D eigenvalue weighted by atomic mass is 32.1. The molecule has 0 bridgehead atoms. The molecule has 0 spiro atoms. The Morgan fingerprint density at radius 1 is 1.48 bits per heavy atom. The van der Waals surface area contributed by atoms with E-state index in [1.165, 1.54) is 5.56 Å². The first-order valence-electron chi connectivity index (χ1n) is 6.92. The van der Waals surface area contributed by atoms with Crippen LogP contribution in [0.3, 0.4) is 0 Å². The van der Waals surface area contributed by atoms with Crippen molar-refractivity contribution >= 4 is 17.2 Å². The maximum Gasteiger partial charge on any atom is 0.222 e. The van der Waals surface area contributed by atoms with Gasteiger partial charge in [0.25, 0.3) is 0 Å². The number of nitrogens with one attached hydrogen (secondary N) is 1. The van der Waals surface area contributed by atoms with Crippen molar-refractivity contribution in [3.63, 3.8) is 0 Å². The number of tetrazole rings is 1. The van der Waals surface area contributed by atoms with Gasteiger partial charge in [-0.05, 0) is 28.8 Å². The van der Waals surface area contributed by atoms with Gasteiger partial charge in [0.05, 0.1) is 0 Å². The number of hydrogen-bond acceptors (Lipinski definition) is 6. The summed E-state index contributed by atoms with van der Waals surface area (Å²) in [4.78, 5) is 14.0. The minimum atomic E-state index is -1.07. The first-order chi connectivity index (χ1) is 10.2. The Morgan fingerprint density at radius 3 is 2.90 bits per heavy atom. The van der Waals surface area contributed by atoms with Gasteiger partial charge in [0.1, 0.15) is 5.60 Å². The number of H-pyrrole nitrogens is 1. The zero-order valence-corrected chi connectivity index (χ0v) is 12.3. The van der Waals surface area contributed by atoms with E-state index in [1.807, 2.05) is 11.4 Å². The van der Waals surface area contributed by atoms with E-state index >= 15 is 0 Å². The number of aromatic amines is 1. The van der Waals surface area contributed by atoms with Gasteiger partial charge in [-0.1, -0.05) is 5.21 Å². The van der Waals surface area contributed by atoms with Crippen LogP contribution in [-0.2, 0) is 16.8 Å². The third kappa shape index (κ3) is 3.11. The molecule has 1 amide bonds. The van der Waals surface area contributed by atoms with Gasteiger partial charge in [0.2, 0.25) is 11.7 Å². The third-order valence-electron chi connectivity index (χ3n) is 3.91. The summed E-state index contributed by atoms with van der Waals surface area (Å²) >= 11 is 1.64. The van der Waals surface area contributed by atoms with Crippen molar-refractivity contribution in [1.29, 1.82) is 0 Å². The van der Waals surface area contributed by atoms with Crippen molar-refractivity contribution in [2.24, 2.45) is 0 Å². The van der Waals surface area contributed by atoms with E-state index in [2.05, 4.69) is 26.0 Å². The van der Waals surface area contributed by atoms with Gasteiger partial charge < -0.3 is 10.0 Å². The normalized spacial score (nSPS) is 17.9. The Morgan fingerprint density at radius 2 is 2.29 bits per heavy atom. The predicted molar refractivity (Wildman–Crippen MR) is 76.5 cm³/mol. The lowest BCUT2D eigenvalue weighted by atomic mass is 9.90. The number of carbonyl (C=O) groups is 1. The standard InChI is InChI=1S/C13H17N5O2S/c19-11(2-1-10-3-8-21-9-10)18-6-4-13(20,5-7-18)12-14-16-17-15-12/h3,8-9,20H,1-2,4-7H2,(H,14,15,16,17). The van der Waals surface area contributed by atoms with Gasteiger partial charge in [0, 0.05) is 32.4 Å². The summed E-state index contributed by atoms with van der Waals surface area (Å²) < 4.78 is 0. The van der Waals surface area contributed by atoms with Gasteiger partial charge >= 0.3 is 0 Å². The molecule has 3 heterocycles. The lowest BCUT2D eigenvalue weighted by Gasteiger charge is -2.36. The maximum absolute atomic E-state index is 12.2. The molecular formula is C13H17N5O2S. The quantitative estimate of drug-likeness (QED) is 0.867. The molecule has 0 saturated carbocycles. The Kier molecular flexibility index (Phi) is 3.98. The third-order valence-corrected chi connectivity index (χ3v) is 4.64. The SMILES string of the molecule is O=C(CCc1ccsc1)N1CCC(O)(c2nn[nH]n2)CC1. The van der Waals surface area contributed by atoms with E-state index in [4.69, 9.17) is 0 Å². The maximum atomic E-state index is 12.2. The highest BCUT2D eigenvalue weighted by Gasteiger charge is 2.38. The number of aromatic nitrogens is 4. The van der Waals surface area contributed by atoms with Crippen molar-refractivity contribution in [3.8, 4) is 0 Å². The van der Waals surface area contributed by atoms with E-state index in [0.29, 0.717) is 38.2 Å². The predicted octanol–water partition coefficient (Wildman–Crippen LogP) is 0.704. The van der Waals surface area contributed by atoms with Gasteiger partial charge in [-0.2, -0.15) is 16.6 Å². The van der Waals surface area contributed by atoms with Gasteiger partial charge in [-0.15, -0.1) is 10.2 Å². The molecule has 112 valence electrons. The summed E-state index contributed by atoms with van der Waals surface area (Å²) in [5.41, 5.74) is 0.130. The van der Waals surface area contributed by atoms with Crippen LogP contribution in [0.25, 0.3) is 0 Å². The minimum absolute atomic E-state index is 0.136. The van der Waals surface area contributed by atoms with Crippen LogP contribution in [0, 0.1) is 0 Å². The Balaban J connectivity index is 1.52. The summed E-state index contributed by atoms with van der Waals surface area (Å²) in [5, 5.41) is 28.1. The molecular weight excluding hydrogens is 290 g/mol. The van der Waals surface area contributed by atoms with Gasteiger partial charge in [-0.3, -0.25) is 4.79 Å². The lowest BCUT2D eigenvalue weighted by molar-refractivity contribution is -0.136. The molecule has 21 heavy (non-hydrogen) atoms. The molecule has 0 unspecified atom stereocenters. The topological polar surface area (TPSA) is 95.0 Å². The Hall–Kier alpha value is -1.80. The molecule has 1 aliphatic rings. The zero-order valence-electron chi connectivity index (χ0n) is 11.5. The van der Waals surface area contributed by atoms with E-state index in [9.17, 15) is 9.90 Å². The number of aliphatic hydroxyl groups is 1. The number of likely N-dealkylation sites (tertiary alicyclic amines) is 1. The van der Waals surface area contributed by atoms with Gasteiger partial charge in [0.15, 0.2) is 0 Å². The number of hydrogen-bond donors (Lipinski definition) is 2. The molecule has 1 aliphatic heterocycles. The summed E-state index contributed by atoms with van der Waals surface area (Å²) in [6.07, 6.45) is 2.17. The molecule has 0 radical (unpaired) electrons. The molecule has 2 aromatic rings. The molecule has 8 heteroatoms. The summed E-state index contributed by atoms with van der Waals surface area (Å²) in [7, 11) is 0. The highest BCUT2D eigenvalue weighted by Crippen LogP contribution is 2.30. The number of piperidine rings is 1. The average Bonchev–Trinajstić information content (AvgIpc) is 3.19. The minimum Gasteiger partial charge on any atom is -0.382 e. The van der Waals surface area contributed by atoms with Crippen molar-refractivity contribution in [3.05, 3.63) is 28.2 Å². The number of aryl methyl sites for hydroxylation is 1. The fourth-order valence-corrected chi connectivity index (χ4v) is 3.26. The number of carbonyl (C=O) groups excluding carboxylic acids is 1. The molecule has 0 aliphatic carbocycles. The average molecular weight is 307 g/mol. The Labute approximate surface area is 126 Å². The summed E-state index contributed by atoms with van der Waals surface area (Å²) in [6, 6.07) is 2.04. The molecule has 3 rings (SSSR count). The Bertz CT molecular complexity index is 576. The molecule has 7 nitrogen and oxygen atoms in total. The molecule has 1 fully saturated rings. The van der Waals surface area contributed by atoms with Crippen LogP contribution >= 0.6 is 11.3 Å². The van der Waals surface area contributed by atoms with Crippen LogP contribution in [0.15, 0.2) is 16.8 Å². The molecule has 2 aromatic heterocycles. The summed E-state index contributed by atoms with van der Waals surface area (Å²) in [5.74, 6) is 0.448. The van der Waals surface area contributed by atoms with Crippen LogP contribution in [0.2, 0.25) is 0 Å². The van der Waals surface area contributed by atoms with E-state index in [0.717, 1.165) is 6.42 Å². The number of amides is 1. The largest absolute Gasteiger partial charge is 0.382 e. The molecule has 1 saturated heterocycles. The van der Waals surface area contributed by atoms with Crippen LogP contribution in [0.5, 0.6) is 0 Å². The molecule has 0 aromatic carbocycles. The van der Waals surface area contributed by atoms with E-state index in [-0.39, 0.29) is 5.91 Å². The molecule has 2 N–H and O–H groups in total. The van der Waals surface area contributed by atoms with Crippen molar-refractivity contribution < 1.29 is 9.90 Å². The van der Waals surface area contributed by atoms with E-state index in [1.54, 1.807) is 16.2 Å². The molecule has 0 atom stereocenters. The number of rotatable bonds is 4. The highest BCUT2D eigenvalue weighted by molar-refractivity contribution is 7.07. The van der Waals surface area contributed by atoms with Gasteiger partial charge in [-0.25, -0.2) is 0 Å². The first-order valence-corrected chi connectivity index (χ1v) is 7.87. The van der Waals surface area contributed by atoms with Crippen molar-refractivity contribution in [2.45, 2.75) is 31.3 Å². The smallest absolute Gasteiger partial charge is 0.222 e. The second-order valence-corrected chi connectivity index (χ2v) is 6.06. The van der Waals surface area contributed by atoms with Crippen LogP contribution in [0.4, 0.5) is 0 Å². The fraction of sp³-hybridized carbons (Fsp3) is 0.538. The van der Waals surface area contributed by atoms with Crippen molar-refractivity contribution in [2.75, 3.05) is 13.1 Å².